The van der Waals surface area contributed by atoms with Crippen molar-refractivity contribution >= 4 is 51.8 Å². The summed E-state index contributed by atoms with van der Waals surface area (Å²) in [4.78, 5) is 29.9. The fourth-order valence-corrected chi connectivity index (χ4v) is 4.57. The van der Waals surface area contributed by atoms with E-state index in [1.165, 1.54) is 19.0 Å². The highest BCUT2D eigenvalue weighted by Crippen LogP contribution is 2.34. The zero-order valence-electron chi connectivity index (χ0n) is 18.7. The lowest BCUT2D eigenvalue weighted by Gasteiger charge is -2.36. The van der Waals surface area contributed by atoms with Gasteiger partial charge in [0.25, 0.3) is 0 Å². The molecule has 0 aliphatic carbocycles. The van der Waals surface area contributed by atoms with Gasteiger partial charge in [0.1, 0.15) is 6.54 Å². The van der Waals surface area contributed by atoms with Crippen LogP contribution in [0, 0.1) is 0 Å². The molecule has 2 aromatic rings. The van der Waals surface area contributed by atoms with Crippen LogP contribution in [0.5, 0.6) is 0 Å². The van der Waals surface area contributed by atoms with E-state index in [1.807, 2.05) is 34.7 Å². The number of nitrogens with zero attached hydrogens (tertiary/aromatic N) is 5. The summed E-state index contributed by atoms with van der Waals surface area (Å²) >= 11 is 7.76. The van der Waals surface area contributed by atoms with Crippen molar-refractivity contribution in [1.82, 2.24) is 24.9 Å². The Morgan fingerprint density at radius 1 is 1.15 bits per heavy atom. The minimum Gasteiger partial charge on any atom is -0.368 e. The SMILES string of the molecule is CN(C)C(=O)NCc1c(CI)c(C(F)(F)F)nn1CC(=O)N1CCN(c2ccc(Cl)cc2)CC1. The molecule has 3 rings (SSSR count). The summed E-state index contributed by atoms with van der Waals surface area (Å²) in [6.45, 7) is 1.53. The second-order valence-electron chi connectivity index (χ2n) is 7.96. The van der Waals surface area contributed by atoms with Crippen LogP contribution in [0.15, 0.2) is 24.3 Å². The fourth-order valence-electron chi connectivity index (χ4n) is 3.64. The highest BCUT2D eigenvalue weighted by Gasteiger charge is 2.39. The molecular formula is C21H25ClF3IN6O2. The maximum Gasteiger partial charge on any atom is 0.435 e. The Bertz CT molecular complexity index is 1020. The van der Waals surface area contributed by atoms with Gasteiger partial charge in [-0.2, -0.15) is 18.3 Å². The zero-order chi connectivity index (χ0) is 25.0. The maximum absolute atomic E-state index is 13.6. The number of alkyl halides is 4. The van der Waals surface area contributed by atoms with Gasteiger partial charge in [0.2, 0.25) is 5.91 Å². The first kappa shape index (κ1) is 26.4. The van der Waals surface area contributed by atoms with E-state index in [2.05, 4.69) is 15.3 Å². The largest absolute Gasteiger partial charge is 0.435 e. The first-order chi connectivity index (χ1) is 16.0. The molecular weight excluding hydrogens is 588 g/mol. The van der Waals surface area contributed by atoms with E-state index in [9.17, 15) is 22.8 Å². The Labute approximate surface area is 214 Å². The molecule has 1 N–H and O–H groups in total. The molecule has 0 radical (unpaired) electrons. The Balaban J connectivity index is 1.74. The number of piperazine rings is 1. The molecule has 1 saturated heterocycles. The molecule has 1 aromatic carbocycles. The number of aromatic nitrogens is 2. The third-order valence-corrected chi connectivity index (χ3v) is 6.51. The maximum atomic E-state index is 13.6. The van der Waals surface area contributed by atoms with E-state index >= 15 is 0 Å². The van der Waals surface area contributed by atoms with E-state index in [0.29, 0.717) is 31.2 Å². The number of anilines is 1. The van der Waals surface area contributed by atoms with Gasteiger partial charge in [-0.1, -0.05) is 34.2 Å². The van der Waals surface area contributed by atoms with E-state index in [1.54, 1.807) is 17.0 Å². The van der Waals surface area contributed by atoms with Crippen LogP contribution >= 0.6 is 34.2 Å². The summed E-state index contributed by atoms with van der Waals surface area (Å²) in [6, 6.07) is 6.95. The average molecular weight is 613 g/mol. The van der Waals surface area contributed by atoms with Crippen LogP contribution < -0.4 is 10.2 Å². The van der Waals surface area contributed by atoms with Crippen molar-refractivity contribution in [2.45, 2.75) is 23.7 Å². The standard InChI is InChI=1S/C21H25ClF3IN6O2/c1-29(2)20(34)27-12-17-16(11-26)19(21(23,24)25)28-32(17)13-18(33)31-9-7-30(8-10-31)15-5-3-14(22)4-6-15/h3-6H,7-13H2,1-2H3,(H,27,34). The van der Waals surface area contributed by atoms with Crippen LogP contribution in [0.25, 0.3) is 0 Å². The molecule has 2 heterocycles. The summed E-state index contributed by atoms with van der Waals surface area (Å²) in [5, 5.41) is 6.94. The van der Waals surface area contributed by atoms with Crippen LogP contribution in [0.4, 0.5) is 23.7 Å². The van der Waals surface area contributed by atoms with Crippen LogP contribution in [0.2, 0.25) is 5.02 Å². The molecule has 8 nitrogen and oxygen atoms in total. The highest BCUT2D eigenvalue weighted by molar-refractivity contribution is 14.1. The molecule has 1 aliphatic rings. The van der Waals surface area contributed by atoms with Crippen molar-refractivity contribution in [1.29, 1.82) is 0 Å². The minimum atomic E-state index is -4.67. The first-order valence-electron chi connectivity index (χ1n) is 10.5. The smallest absolute Gasteiger partial charge is 0.368 e. The quantitative estimate of drug-likeness (QED) is 0.400. The lowest BCUT2D eigenvalue weighted by Crippen LogP contribution is -2.49. The first-order valence-corrected chi connectivity index (χ1v) is 12.4. The third kappa shape index (κ3) is 6.26. The predicted molar refractivity (Wildman–Crippen MR) is 131 cm³/mol. The summed E-state index contributed by atoms with van der Waals surface area (Å²) in [6.07, 6.45) is -4.67. The molecule has 13 heteroatoms. The van der Waals surface area contributed by atoms with Crippen molar-refractivity contribution in [2.24, 2.45) is 0 Å². The number of carbonyl (C=O) groups excluding carboxylic acids is 2. The van der Waals surface area contributed by atoms with Gasteiger partial charge in [0.15, 0.2) is 5.69 Å². The summed E-state index contributed by atoms with van der Waals surface area (Å²) < 4.78 is 41.9. The van der Waals surface area contributed by atoms with Gasteiger partial charge in [-0.3, -0.25) is 9.48 Å². The average Bonchev–Trinajstić information content (AvgIpc) is 3.15. The number of benzene rings is 1. The molecule has 1 aliphatic heterocycles. The van der Waals surface area contributed by atoms with Gasteiger partial charge < -0.3 is 20.0 Å². The minimum absolute atomic E-state index is 0.0347. The second kappa shape index (κ2) is 11.0. The molecule has 1 aromatic heterocycles. The number of hydrogen-bond acceptors (Lipinski definition) is 4. The van der Waals surface area contributed by atoms with Crippen molar-refractivity contribution < 1.29 is 22.8 Å². The summed E-state index contributed by atoms with van der Waals surface area (Å²) in [5.41, 5.74) is 0.0953. The van der Waals surface area contributed by atoms with Crippen molar-refractivity contribution in [3.05, 3.63) is 46.2 Å². The van der Waals surface area contributed by atoms with Crippen molar-refractivity contribution in [3.8, 4) is 0 Å². The number of urea groups is 1. The van der Waals surface area contributed by atoms with Gasteiger partial charge in [-0.15, -0.1) is 0 Å². The van der Waals surface area contributed by atoms with Crippen LogP contribution in [-0.4, -0.2) is 71.8 Å². The molecule has 3 amide bonds. The Kier molecular flexibility index (Phi) is 8.55. The van der Waals surface area contributed by atoms with Crippen LogP contribution in [0.3, 0.4) is 0 Å². The number of hydrogen-bond donors (Lipinski definition) is 1. The lowest BCUT2D eigenvalue weighted by molar-refractivity contribution is -0.142. The number of halogens is 5. The second-order valence-corrected chi connectivity index (χ2v) is 9.16. The summed E-state index contributed by atoms with van der Waals surface area (Å²) in [5.74, 6) is -0.327. The van der Waals surface area contributed by atoms with Gasteiger partial charge in [0, 0.05) is 61.0 Å². The molecule has 0 saturated carbocycles. The van der Waals surface area contributed by atoms with Gasteiger partial charge >= 0.3 is 12.2 Å². The molecule has 0 spiro atoms. The molecule has 0 unspecified atom stereocenters. The Morgan fingerprint density at radius 3 is 2.29 bits per heavy atom. The van der Waals surface area contributed by atoms with E-state index in [0.717, 1.165) is 10.4 Å². The highest BCUT2D eigenvalue weighted by atomic mass is 127. The Hall–Kier alpha value is -2.22. The van der Waals surface area contributed by atoms with Gasteiger partial charge in [0.05, 0.1) is 12.2 Å². The Morgan fingerprint density at radius 2 is 1.76 bits per heavy atom. The summed E-state index contributed by atoms with van der Waals surface area (Å²) in [7, 11) is 3.06. The van der Waals surface area contributed by atoms with Gasteiger partial charge in [-0.25, -0.2) is 4.79 Å². The van der Waals surface area contributed by atoms with E-state index in [-0.39, 0.29) is 34.7 Å². The van der Waals surface area contributed by atoms with E-state index in [4.69, 9.17) is 11.6 Å². The molecule has 34 heavy (non-hydrogen) atoms. The van der Waals surface area contributed by atoms with Crippen LogP contribution in [0.1, 0.15) is 17.0 Å². The molecule has 0 bridgehead atoms. The van der Waals surface area contributed by atoms with Gasteiger partial charge in [-0.05, 0) is 24.3 Å². The number of amides is 3. The topological polar surface area (TPSA) is 73.7 Å². The van der Waals surface area contributed by atoms with Crippen molar-refractivity contribution in [3.63, 3.8) is 0 Å². The molecule has 186 valence electrons. The number of nitrogens with one attached hydrogen (secondary N) is 1. The third-order valence-electron chi connectivity index (χ3n) is 5.49. The predicted octanol–water partition coefficient (Wildman–Crippen LogP) is 3.61. The number of rotatable bonds is 6. The number of carbonyl (C=O) groups is 2. The van der Waals surface area contributed by atoms with Crippen LogP contribution in [-0.2, 0) is 28.5 Å². The van der Waals surface area contributed by atoms with E-state index < -0.39 is 17.9 Å². The van der Waals surface area contributed by atoms with Crippen molar-refractivity contribution in [2.75, 3.05) is 45.2 Å². The monoisotopic (exact) mass is 612 g/mol. The molecule has 0 atom stereocenters. The zero-order valence-corrected chi connectivity index (χ0v) is 21.6. The molecule has 1 fully saturated rings. The fraction of sp³-hybridized carbons (Fsp3) is 0.476. The normalized spacial score (nSPS) is 14.3. The lowest BCUT2D eigenvalue weighted by atomic mass is 10.2.